The van der Waals surface area contributed by atoms with Crippen LogP contribution in [0.4, 0.5) is 11.4 Å². The predicted octanol–water partition coefficient (Wildman–Crippen LogP) is 5.02. The number of carbonyl (C=O) groups is 1. The van der Waals surface area contributed by atoms with Gasteiger partial charge >= 0.3 is 0 Å². The van der Waals surface area contributed by atoms with Gasteiger partial charge in [-0.15, -0.1) is 0 Å². The van der Waals surface area contributed by atoms with Gasteiger partial charge in [-0.3, -0.25) is 4.79 Å². The number of anilines is 2. The number of halogens is 2. The average Bonchev–Trinajstić information content (AvgIpc) is 3.26. The molecule has 0 bridgehead atoms. The molecular formula is C26H25Cl2N3O3S. The molecule has 2 aliphatic rings. The topological polar surface area (TPSA) is 60.9 Å². The van der Waals surface area contributed by atoms with E-state index in [-0.39, 0.29) is 10.8 Å². The zero-order valence-corrected chi connectivity index (χ0v) is 21.6. The number of aryl methyl sites for hydroxylation is 1. The highest BCUT2D eigenvalue weighted by atomic mass is 35.5. The molecule has 5 rings (SSSR count). The highest BCUT2D eigenvalue weighted by Crippen LogP contribution is 2.33. The highest BCUT2D eigenvalue weighted by molar-refractivity contribution is 7.89. The maximum absolute atomic E-state index is 13.4. The number of piperazine rings is 1. The molecule has 0 radical (unpaired) electrons. The third-order valence-electron chi connectivity index (χ3n) is 6.53. The number of amides is 1. The van der Waals surface area contributed by atoms with Crippen LogP contribution in [-0.4, -0.2) is 51.4 Å². The van der Waals surface area contributed by atoms with Crippen LogP contribution < -0.4 is 9.80 Å². The summed E-state index contributed by atoms with van der Waals surface area (Å²) in [5, 5.41) is 1.18. The van der Waals surface area contributed by atoms with Crippen molar-refractivity contribution in [2.75, 3.05) is 42.5 Å². The van der Waals surface area contributed by atoms with E-state index in [1.807, 2.05) is 43.3 Å². The first kappa shape index (κ1) is 24.1. The SMILES string of the molecule is Cc1cc(Cl)cc(C(=O)N2CCc3cc(S(=O)(=O)N4CCN(c5cccc(Cl)c5)CC4)ccc32)c1. The molecule has 0 atom stereocenters. The van der Waals surface area contributed by atoms with Crippen LogP contribution in [0.25, 0.3) is 0 Å². The van der Waals surface area contributed by atoms with E-state index < -0.39 is 10.0 Å². The lowest BCUT2D eigenvalue weighted by atomic mass is 10.1. The molecule has 0 saturated carbocycles. The normalized spacial score (nSPS) is 16.4. The van der Waals surface area contributed by atoms with E-state index in [9.17, 15) is 13.2 Å². The predicted molar refractivity (Wildman–Crippen MR) is 140 cm³/mol. The molecule has 1 amide bonds. The fourth-order valence-electron chi connectivity index (χ4n) is 4.77. The Morgan fingerprint density at radius 2 is 1.63 bits per heavy atom. The van der Waals surface area contributed by atoms with Gasteiger partial charge in [-0.05, 0) is 79.1 Å². The maximum atomic E-state index is 13.4. The monoisotopic (exact) mass is 529 g/mol. The lowest BCUT2D eigenvalue weighted by molar-refractivity contribution is 0.0989. The van der Waals surface area contributed by atoms with Crippen molar-refractivity contribution in [3.05, 3.63) is 87.4 Å². The summed E-state index contributed by atoms with van der Waals surface area (Å²) in [7, 11) is -3.64. The van der Waals surface area contributed by atoms with Crippen molar-refractivity contribution < 1.29 is 13.2 Å². The number of rotatable bonds is 4. The fourth-order valence-corrected chi connectivity index (χ4v) is 6.72. The van der Waals surface area contributed by atoms with Crippen LogP contribution in [0.2, 0.25) is 10.0 Å². The van der Waals surface area contributed by atoms with Crippen LogP contribution in [-0.2, 0) is 16.4 Å². The van der Waals surface area contributed by atoms with Crippen LogP contribution in [0.1, 0.15) is 21.5 Å². The largest absolute Gasteiger partial charge is 0.369 e. The van der Waals surface area contributed by atoms with Crippen molar-refractivity contribution in [2.45, 2.75) is 18.2 Å². The molecule has 6 nitrogen and oxygen atoms in total. The third kappa shape index (κ3) is 4.78. The number of sulfonamides is 1. The summed E-state index contributed by atoms with van der Waals surface area (Å²) in [5.74, 6) is -0.137. The summed E-state index contributed by atoms with van der Waals surface area (Å²) in [6.07, 6.45) is 0.604. The zero-order valence-electron chi connectivity index (χ0n) is 19.2. The number of benzene rings is 3. The molecule has 182 valence electrons. The first-order valence-electron chi connectivity index (χ1n) is 11.4. The Hall–Kier alpha value is -2.58. The minimum absolute atomic E-state index is 0.137. The fraction of sp³-hybridized carbons (Fsp3) is 0.269. The zero-order chi connectivity index (χ0) is 24.7. The molecule has 9 heteroatoms. The standard InChI is InChI=1S/C26H25Cl2N3O3S/c1-18-13-20(15-22(28)14-18)26(32)31-8-7-19-16-24(5-6-25(19)31)35(33,34)30-11-9-29(10-12-30)23-4-2-3-21(27)17-23/h2-6,13-17H,7-12H2,1H3. The van der Waals surface area contributed by atoms with E-state index in [1.54, 1.807) is 29.2 Å². The van der Waals surface area contributed by atoms with Crippen LogP contribution in [0.3, 0.4) is 0 Å². The van der Waals surface area contributed by atoms with Crippen molar-refractivity contribution in [1.82, 2.24) is 4.31 Å². The van der Waals surface area contributed by atoms with Gasteiger partial charge in [0.05, 0.1) is 4.90 Å². The summed E-state index contributed by atoms with van der Waals surface area (Å²) in [5.41, 5.74) is 4.04. The number of hydrogen-bond acceptors (Lipinski definition) is 4. The first-order valence-corrected chi connectivity index (χ1v) is 13.6. The second kappa shape index (κ2) is 9.47. The van der Waals surface area contributed by atoms with Crippen molar-refractivity contribution in [3.8, 4) is 0 Å². The molecule has 1 saturated heterocycles. The second-order valence-corrected chi connectivity index (χ2v) is 11.7. The van der Waals surface area contributed by atoms with Crippen molar-refractivity contribution in [2.24, 2.45) is 0 Å². The minimum atomic E-state index is -3.64. The van der Waals surface area contributed by atoms with E-state index in [4.69, 9.17) is 23.2 Å². The summed E-state index contributed by atoms with van der Waals surface area (Å²) in [6.45, 7) is 4.36. The Labute approximate surface area is 215 Å². The van der Waals surface area contributed by atoms with Crippen molar-refractivity contribution >= 4 is 50.5 Å². The summed E-state index contributed by atoms with van der Waals surface area (Å²) in [6, 6.07) is 17.9. The number of nitrogens with zero attached hydrogens (tertiary/aromatic N) is 3. The Kier molecular flexibility index (Phi) is 6.53. The maximum Gasteiger partial charge on any atom is 0.258 e. The number of fused-ring (bicyclic) bond motifs is 1. The number of hydrogen-bond donors (Lipinski definition) is 0. The van der Waals surface area contributed by atoms with Gasteiger partial charge in [0.2, 0.25) is 10.0 Å². The van der Waals surface area contributed by atoms with Gasteiger partial charge in [0, 0.05) is 59.7 Å². The van der Waals surface area contributed by atoms with Crippen LogP contribution in [0.15, 0.2) is 65.6 Å². The molecule has 2 aliphatic heterocycles. The van der Waals surface area contributed by atoms with E-state index in [2.05, 4.69) is 4.90 Å². The quantitative estimate of drug-likeness (QED) is 0.476. The molecule has 0 aromatic heterocycles. The summed E-state index contributed by atoms with van der Waals surface area (Å²) in [4.78, 5) is 17.2. The van der Waals surface area contributed by atoms with E-state index >= 15 is 0 Å². The van der Waals surface area contributed by atoms with Gasteiger partial charge in [-0.2, -0.15) is 4.31 Å². The average molecular weight is 530 g/mol. The van der Waals surface area contributed by atoms with Gasteiger partial charge in [0.1, 0.15) is 0 Å². The molecule has 1 fully saturated rings. The van der Waals surface area contributed by atoms with Crippen molar-refractivity contribution in [3.63, 3.8) is 0 Å². The molecule has 0 unspecified atom stereocenters. The summed E-state index contributed by atoms with van der Waals surface area (Å²) < 4.78 is 28.3. The molecule has 0 N–H and O–H groups in total. The Morgan fingerprint density at radius 3 is 2.34 bits per heavy atom. The van der Waals surface area contributed by atoms with Gasteiger partial charge < -0.3 is 9.80 Å². The second-order valence-electron chi connectivity index (χ2n) is 8.89. The van der Waals surface area contributed by atoms with Crippen molar-refractivity contribution in [1.29, 1.82) is 0 Å². The molecule has 0 spiro atoms. The minimum Gasteiger partial charge on any atom is -0.369 e. The van der Waals surface area contributed by atoms with Gasteiger partial charge in [-0.1, -0.05) is 29.3 Å². The van der Waals surface area contributed by atoms with Crippen LogP contribution >= 0.6 is 23.2 Å². The Morgan fingerprint density at radius 1 is 0.857 bits per heavy atom. The van der Waals surface area contributed by atoms with Gasteiger partial charge in [0.15, 0.2) is 0 Å². The third-order valence-corrected chi connectivity index (χ3v) is 8.88. The summed E-state index contributed by atoms with van der Waals surface area (Å²) >= 11 is 12.3. The van der Waals surface area contributed by atoms with Crippen LogP contribution in [0.5, 0.6) is 0 Å². The molecule has 0 aliphatic carbocycles. The Bertz CT molecular complexity index is 1380. The molecule has 3 aromatic carbocycles. The van der Waals surface area contributed by atoms with E-state index in [0.717, 1.165) is 22.5 Å². The molecule has 35 heavy (non-hydrogen) atoms. The van der Waals surface area contributed by atoms with Gasteiger partial charge in [-0.25, -0.2) is 8.42 Å². The molecule has 2 heterocycles. The Balaban J connectivity index is 1.32. The van der Waals surface area contributed by atoms with Crippen LogP contribution in [0, 0.1) is 6.92 Å². The smallest absolute Gasteiger partial charge is 0.258 e. The van der Waals surface area contributed by atoms with E-state index in [0.29, 0.717) is 54.8 Å². The number of carbonyl (C=O) groups excluding carboxylic acids is 1. The van der Waals surface area contributed by atoms with Gasteiger partial charge in [0.25, 0.3) is 5.91 Å². The first-order chi connectivity index (χ1) is 16.7. The lowest BCUT2D eigenvalue weighted by Crippen LogP contribution is -2.48. The highest BCUT2D eigenvalue weighted by Gasteiger charge is 2.32. The van der Waals surface area contributed by atoms with E-state index in [1.165, 1.54) is 4.31 Å². The molecular weight excluding hydrogens is 505 g/mol. The molecule has 3 aromatic rings. The lowest BCUT2D eigenvalue weighted by Gasteiger charge is -2.35.